The summed E-state index contributed by atoms with van der Waals surface area (Å²) in [6, 6.07) is 15.0. The van der Waals surface area contributed by atoms with Gasteiger partial charge in [0.25, 0.3) is 0 Å². The van der Waals surface area contributed by atoms with Crippen LogP contribution in [0.15, 0.2) is 54.6 Å². The molecule has 1 atom stereocenters. The number of primary amides is 1. The molecule has 164 valence electrons. The fourth-order valence-corrected chi connectivity index (χ4v) is 3.85. The number of phenolic OH excluding ortho intramolecular Hbond substituents is 1. The molecule has 1 aliphatic heterocycles. The van der Waals surface area contributed by atoms with Crippen molar-refractivity contribution in [1.82, 2.24) is 9.80 Å². The summed E-state index contributed by atoms with van der Waals surface area (Å²) in [5.41, 5.74) is 7.05. The summed E-state index contributed by atoms with van der Waals surface area (Å²) in [4.78, 5) is 42.7. The molecular formula is C23H28N4O4. The number of anilines is 1. The summed E-state index contributed by atoms with van der Waals surface area (Å²) in [6.07, 6.45) is -0.274. The van der Waals surface area contributed by atoms with Crippen molar-refractivity contribution in [1.29, 1.82) is 0 Å². The standard InChI is InChI=1S/C23H28N4O4/c1-17(28)27(19-7-9-20(29)10-8-19)21(15-22(24)30)23(31)26-13-11-25(12-14-26)16-18-5-3-2-4-6-18/h2-10,21,29H,11-16H2,1H3,(H2,24,30)/t21-/m0/s1. The summed E-state index contributed by atoms with van der Waals surface area (Å²) < 4.78 is 0. The molecular weight excluding hydrogens is 396 g/mol. The van der Waals surface area contributed by atoms with Gasteiger partial charge >= 0.3 is 0 Å². The van der Waals surface area contributed by atoms with Crippen molar-refractivity contribution < 1.29 is 19.5 Å². The Labute approximate surface area is 181 Å². The Morgan fingerprint density at radius 2 is 1.61 bits per heavy atom. The van der Waals surface area contributed by atoms with E-state index in [0.29, 0.717) is 31.9 Å². The van der Waals surface area contributed by atoms with Crippen LogP contribution in [0, 0.1) is 0 Å². The van der Waals surface area contributed by atoms with Gasteiger partial charge in [-0.05, 0) is 29.8 Å². The van der Waals surface area contributed by atoms with Crippen molar-refractivity contribution in [2.75, 3.05) is 31.1 Å². The van der Waals surface area contributed by atoms with Crippen molar-refractivity contribution in [2.24, 2.45) is 5.73 Å². The molecule has 1 saturated heterocycles. The van der Waals surface area contributed by atoms with Gasteiger partial charge in [0.05, 0.1) is 6.42 Å². The van der Waals surface area contributed by atoms with Gasteiger partial charge in [-0.25, -0.2) is 0 Å². The highest BCUT2D eigenvalue weighted by molar-refractivity contribution is 6.01. The lowest BCUT2D eigenvalue weighted by molar-refractivity contribution is -0.137. The maximum atomic E-state index is 13.3. The van der Waals surface area contributed by atoms with Gasteiger partial charge in [0.1, 0.15) is 11.8 Å². The van der Waals surface area contributed by atoms with E-state index in [-0.39, 0.29) is 24.0 Å². The molecule has 1 fully saturated rings. The molecule has 31 heavy (non-hydrogen) atoms. The van der Waals surface area contributed by atoms with E-state index < -0.39 is 11.9 Å². The maximum absolute atomic E-state index is 13.3. The SMILES string of the molecule is CC(=O)N(c1ccc(O)cc1)[C@@H](CC(N)=O)C(=O)N1CCN(Cc2ccccc2)CC1. The summed E-state index contributed by atoms with van der Waals surface area (Å²) in [5.74, 6) is -1.31. The first-order valence-electron chi connectivity index (χ1n) is 10.3. The number of carbonyl (C=O) groups excluding carboxylic acids is 3. The van der Waals surface area contributed by atoms with Crippen LogP contribution in [0.1, 0.15) is 18.9 Å². The number of rotatable bonds is 7. The number of hydrogen-bond donors (Lipinski definition) is 2. The molecule has 0 aliphatic carbocycles. The third kappa shape index (κ3) is 5.82. The van der Waals surface area contributed by atoms with Crippen LogP contribution in [0.2, 0.25) is 0 Å². The first-order chi connectivity index (χ1) is 14.8. The molecule has 2 aromatic carbocycles. The molecule has 1 heterocycles. The average Bonchev–Trinajstić information content (AvgIpc) is 2.75. The first-order valence-corrected chi connectivity index (χ1v) is 10.3. The number of aromatic hydroxyl groups is 1. The normalized spacial score (nSPS) is 15.3. The zero-order valence-electron chi connectivity index (χ0n) is 17.6. The topological polar surface area (TPSA) is 107 Å². The first kappa shape index (κ1) is 22.3. The fraction of sp³-hybridized carbons (Fsp3) is 0.348. The molecule has 3 amide bonds. The molecule has 3 N–H and O–H groups in total. The molecule has 0 spiro atoms. The molecule has 0 radical (unpaired) electrons. The van der Waals surface area contributed by atoms with E-state index in [2.05, 4.69) is 17.0 Å². The zero-order valence-corrected chi connectivity index (χ0v) is 17.6. The highest BCUT2D eigenvalue weighted by atomic mass is 16.3. The van der Waals surface area contributed by atoms with Crippen LogP contribution in [0.4, 0.5) is 5.69 Å². The van der Waals surface area contributed by atoms with E-state index in [1.165, 1.54) is 41.7 Å². The lowest BCUT2D eigenvalue weighted by Gasteiger charge is -2.38. The second kappa shape index (κ2) is 10.1. The summed E-state index contributed by atoms with van der Waals surface area (Å²) >= 11 is 0. The molecule has 0 bridgehead atoms. The summed E-state index contributed by atoms with van der Waals surface area (Å²) in [5, 5.41) is 9.55. The second-order valence-electron chi connectivity index (χ2n) is 7.68. The highest BCUT2D eigenvalue weighted by Gasteiger charge is 2.35. The van der Waals surface area contributed by atoms with Gasteiger partial charge in [-0.1, -0.05) is 30.3 Å². The van der Waals surface area contributed by atoms with Gasteiger partial charge < -0.3 is 15.7 Å². The van der Waals surface area contributed by atoms with Crippen molar-refractivity contribution >= 4 is 23.4 Å². The Morgan fingerprint density at radius 3 is 2.16 bits per heavy atom. The molecule has 0 aromatic heterocycles. The van der Waals surface area contributed by atoms with Crippen LogP contribution < -0.4 is 10.6 Å². The third-order valence-corrected chi connectivity index (χ3v) is 5.39. The number of nitrogens with zero attached hydrogens (tertiary/aromatic N) is 3. The quantitative estimate of drug-likeness (QED) is 0.697. The summed E-state index contributed by atoms with van der Waals surface area (Å²) in [6.45, 7) is 4.55. The Hall–Kier alpha value is -3.39. The van der Waals surface area contributed by atoms with E-state index in [0.717, 1.165) is 6.54 Å². The van der Waals surface area contributed by atoms with Gasteiger partial charge in [-0.2, -0.15) is 0 Å². The smallest absolute Gasteiger partial charge is 0.246 e. The van der Waals surface area contributed by atoms with Gasteiger partial charge in [-0.3, -0.25) is 24.2 Å². The number of carbonyl (C=O) groups is 3. The molecule has 2 aromatic rings. The number of piperazine rings is 1. The van der Waals surface area contributed by atoms with Crippen LogP contribution in [0.3, 0.4) is 0 Å². The van der Waals surface area contributed by atoms with Crippen molar-refractivity contribution in [3.05, 3.63) is 60.2 Å². The van der Waals surface area contributed by atoms with Crippen molar-refractivity contribution in [3.8, 4) is 5.75 Å². The molecule has 8 heteroatoms. The monoisotopic (exact) mass is 424 g/mol. The molecule has 0 saturated carbocycles. The average molecular weight is 425 g/mol. The second-order valence-corrected chi connectivity index (χ2v) is 7.68. The van der Waals surface area contributed by atoms with E-state index in [1.54, 1.807) is 4.90 Å². The number of benzene rings is 2. The van der Waals surface area contributed by atoms with Gasteiger partial charge in [0.2, 0.25) is 17.7 Å². The van der Waals surface area contributed by atoms with Gasteiger partial charge in [0.15, 0.2) is 0 Å². The summed E-state index contributed by atoms with van der Waals surface area (Å²) in [7, 11) is 0. The van der Waals surface area contributed by atoms with E-state index in [1.807, 2.05) is 18.2 Å². The number of amides is 3. The predicted octanol–water partition coefficient (Wildman–Crippen LogP) is 1.33. The van der Waals surface area contributed by atoms with Crippen molar-refractivity contribution in [2.45, 2.75) is 25.9 Å². The van der Waals surface area contributed by atoms with Crippen molar-refractivity contribution in [3.63, 3.8) is 0 Å². The Kier molecular flexibility index (Phi) is 7.25. The minimum atomic E-state index is -1.03. The predicted molar refractivity (Wildman–Crippen MR) is 117 cm³/mol. The minimum Gasteiger partial charge on any atom is -0.508 e. The molecule has 1 aliphatic rings. The lowest BCUT2D eigenvalue weighted by Crippen LogP contribution is -2.56. The number of hydrogen-bond acceptors (Lipinski definition) is 5. The van der Waals surface area contributed by atoms with E-state index in [9.17, 15) is 19.5 Å². The van der Waals surface area contributed by atoms with E-state index >= 15 is 0 Å². The van der Waals surface area contributed by atoms with Crippen LogP contribution in [-0.2, 0) is 20.9 Å². The Balaban J connectivity index is 1.73. The van der Waals surface area contributed by atoms with Crippen LogP contribution in [0.5, 0.6) is 5.75 Å². The fourth-order valence-electron chi connectivity index (χ4n) is 3.85. The number of phenols is 1. The number of nitrogens with two attached hydrogens (primary N) is 1. The van der Waals surface area contributed by atoms with Crippen LogP contribution in [0.25, 0.3) is 0 Å². The van der Waals surface area contributed by atoms with Crippen LogP contribution in [-0.4, -0.2) is 64.8 Å². The minimum absolute atomic E-state index is 0.0413. The van der Waals surface area contributed by atoms with Gasteiger partial charge in [0, 0.05) is 45.3 Å². The van der Waals surface area contributed by atoms with Crippen LogP contribution >= 0.6 is 0 Å². The highest BCUT2D eigenvalue weighted by Crippen LogP contribution is 2.24. The zero-order chi connectivity index (χ0) is 22.4. The largest absolute Gasteiger partial charge is 0.508 e. The molecule has 0 unspecified atom stereocenters. The van der Waals surface area contributed by atoms with Gasteiger partial charge in [-0.15, -0.1) is 0 Å². The van der Waals surface area contributed by atoms with E-state index in [4.69, 9.17) is 5.73 Å². The Bertz CT molecular complexity index is 909. The maximum Gasteiger partial charge on any atom is 0.246 e. The Morgan fingerprint density at radius 1 is 1.00 bits per heavy atom. The third-order valence-electron chi connectivity index (χ3n) is 5.39. The lowest BCUT2D eigenvalue weighted by atomic mass is 10.1. The molecule has 3 rings (SSSR count). The molecule has 8 nitrogen and oxygen atoms in total.